The van der Waals surface area contributed by atoms with Crippen molar-refractivity contribution in [3.63, 3.8) is 0 Å². The van der Waals surface area contributed by atoms with Crippen LogP contribution in [0.4, 0.5) is 0 Å². The molecule has 1 aliphatic carbocycles. The van der Waals surface area contributed by atoms with Crippen LogP contribution in [0.2, 0.25) is 5.02 Å². The zero-order valence-corrected chi connectivity index (χ0v) is 13.0. The molecular weight excluding hydrogens is 300 g/mol. The van der Waals surface area contributed by atoms with Gasteiger partial charge in [-0.05, 0) is 60.8 Å². The van der Waals surface area contributed by atoms with Gasteiger partial charge in [0.2, 0.25) is 0 Å². The number of aromatic nitrogens is 2. The van der Waals surface area contributed by atoms with E-state index in [1.54, 1.807) is 0 Å². The van der Waals surface area contributed by atoms with Gasteiger partial charge in [-0.25, -0.2) is 0 Å². The molecule has 1 aliphatic rings. The standard InChI is InChI=1S/C17H15ClN2S/c18-12-8-9-16-14(10-12)19-17(21)20(16)15-7-3-5-11-4-1-2-6-13(11)15/h1-2,4,6,8-10,15H,3,5,7H2,(H,19,21). The maximum Gasteiger partial charge on any atom is 0.178 e. The zero-order chi connectivity index (χ0) is 14.4. The second-order valence-corrected chi connectivity index (χ2v) is 6.39. The fourth-order valence-electron chi connectivity index (χ4n) is 3.41. The molecule has 0 saturated heterocycles. The summed E-state index contributed by atoms with van der Waals surface area (Å²) in [7, 11) is 0. The average molecular weight is 315 g/mol. The second-order valence-electron chi connectivity index (χ2n) is 5.57. The molecule has 0 amide bonds. The first kappa shape index (κ1) is 13.1. The molecule has 4 rings (SSSR count). The van der Waals surface area contributed by atoms with Crippen LogP contribution < -0.4 is 0 Å². The molecule has 0 aliphatic heterocycles. The van der Waals surface area contributed by atoms with E-state index in [1.807, 2.05) is 12.1 Å². The van der Waals surface area contributed by atoms with Crippen molar-refractivity contribution < 1.29 is 0 Å². The molecule has 1 N–H and O–H groups in total. The summed E-state index contributed by atoms with van der Waals surface area (Å²) >= 11 is 11.7. The lowest BCUT2D eigenvalue weighted by molar-refractivity contribution is 0.495. The molecule has 0 radical (unpaired) electrons. The van der Waals surface area contributed by atoms with Gasteiger partial charge in [0, 0.05) is 5.02 Å². The first-order chi connectivity index (χ1) is 10.2. The lowest BCUT2D eigenvalue weighted by Gasteiger charge is -2.27. The first-order valence-corrected chi connectivity index (χ1v) is 8.00. The van der Waals surface area contributed by atoms with Gasteiger partial charge in [-0.15, -0.1) is 0 Å². The van der Waals surface area contributed by atoms with Crippen molar-refractivity contribution in [1.82, 2.24) is 9.55 Å². The largest absolute Gasteiger partial charge is 0.331 e. The van der Waals surface area contributed by atoms with Gasteiger partial charge in [0.15, 0.2) is 4.77 Å². The van der Waals surface area contributed by atoms with E-state index >= 15 is 0 Å². The number of hydrogen-bond acceptors (Lipinski definition) is 1. The normalized spacial score (nSPS) is 17.9. The van der Waals surface area contributed by atoms with Crippen LogP contribution in [0.5, 0.6) is 0 Å². The molecule has 21 heavy (non-hydrogen) atoms. The Morgan fingerprint density at radius 3 is 2.95 bits per heavy atom. The number of nitrogens with one attached hydrogen (secondary N) is 1. The summed E-state index contributed by atoms with van der Waals surface area (Å²) in [6.45, 7) is 0. The summed E-state index contributed by atoms with van der Waals surface area (Å²) < 4.78 is 3.02. The minimum atomic E-state index is 0.317. The first-order valence-electron chi connectivity index (χ1n) is 7.21. The van der Waals surface area contributed by atoms with E-state index < -0.39 is 0 Å². The molecule has 2 aromatic carbocycles. The number of imidazole rings is 1. The number of nitrogens with zero attached hydrogens (tertiary/aromatic N) is 1. The molecule has 3 aromatic rings. The SMILES string of the molecule is S=c1[nH]c2cc(Cl)ccc2n1C1CCCc2ccccc21. The Hall–Kier alpha value is -1.58. The van der Waals surface area contributed by atoms with Crippen molar-refractivity contribution in [2.45, 2.75) is 25.3 Å². The Bertz CT molecular complexity index is 878. The summed E-state index contributed by atoms with van der Waals surface area (Å²) in [5.74, 6) is 0. The minimum Gasteiger partial charge on any atom is -0.331 e. The van der Waals surface area contributed by atoms with Gasteiger partial charge >= 0.3 is 0 Å². The lowest BCUT2D eigenvalue weighted by Crippen LogP contribution is -2.17. The average Bonchev–Trinajstić information content (AvgIpc) is 2.81. The van der Waals surface area contributed by atoms with Gasteiger partial charge in [-0.1, -0.05) is 35.9 Å². The van der Waals surface area contributed by atoms with Crippen LogP contribution in [0.3, 0.4) is 0 Å². The summed E-state index contributed by atoms with van der Waals surface area (Å²) in [6, 6.07) is 14.9. The summed E-state index contributed by atoms with van der Waals surface area (Å²) in [5.41, 5.74) is 4.98. The zero-order valence-electron chi connectivity index (χ0n) is 11.5. The molecule has 106 valence electrons. The Balaban J connectivity index is 1.96. The molecule has 1 aromatic heterocycles. The third-order valence-corrected chi connectivity index (χ3v) is 4.86. The van der Waals surface area contributed by atoms with Crippen molar-refractivity contribution in [2.24, 2.45) is 0 Å². The Kier molecular flexibility index (Phi) is 3.12. The van der Waals surface area contributed by atoms with Crippen molar-refractivity contribution in [1.29, 1.82) is 0 Å². The molecule has 0 bridgehead atoms. The van der Waals surface area contributed by atoms with Gasteiger partial charge in [-0.2, -0.15) is 0 Å². The molecule has 1 heterocycles. The smallest absolute Gasteiger partial charge is 0.178 e. The van der Waals surface area contributed by atoms with Crippen LogP contribution in [0.15, 0.2) is 42.5 Å². The number of benzene rings is 2. The van der Waals surface area contributed by atoms with Crippen molar-refractivity contribution in [3.8, 4) is 0 Å². The number of hydrogen-bond donors (Lipinski definition) is 1. The second kappa shape index (κ2) is 5.00. The number of halogens is 1. The van der Waals surface area contributed by atoms with Gasteiger partial charge in [0.05, 0.1) is 17.1 Å². The highest BCUT2D eigenvalue weighted by atomic mass is 35.5. The number of aryl methyl sites for hydroxylation is 1. The van der Waals surface area contributed by atoms with Gasteiger partial charge in [0.1, 0.15) is 0 Å². The summed E-state index contributed by atoms with van der Waals surface area (Å²) in [6.07, 6.45) is 3.48. The maximum absolute atomic E-state index is 6.08. The Labute approximate surface area is 133 Å². The van der Waals surface area contributed by atoms with E-state index in [-0.39, 0.29) is 0 Å². The van der Waals surface area contributed by atoms with Crippen molar-refractivity contribution in [3.05, 3.63) is 63.4 Å². The minimum absolute atomic E-state index is 0.317. The Morgan fingerprint density at radius 2 is 2.05 bits per heavy atom. The highest BCUT2D eigenvalue weighted by Gasteiger charge is 2.23. The quantitative estimate of drug-likeness (QED) is 0.606. The van der Waals surface area contributed by atoms with Crippen molar-refractivity contribution in [2.75, 3.05) is 0 Å². The predicted molar refractivity (Wildman–Crippen MR) is 89.7 cm³/mol. The van der Waals surface area contributed by atoms with Gasteiger partial charge < -0.3 is 9.55 Å². The van der Waals surface area contributed by atoms with Crippen LogP contribution in [0.25, 0.3) is 11.0 Å². The topological polar surface area (TPSA) is 20.7 Å². The van der Waals surface area contributed by atoms with E-state index in [2.05, 4.69) is 39.9 Å². The predicted octanol–water partition coefficient (Wildman–Crippen LogP) is 5.28. The van der Waals surface area contributed by atoms with E-state index in [0.717, 1.165) is 33.7 Å². The van der Waals surface area contributed by atoms with Crippen LogP contribution in [0.1, 0.15) is 30.0 Å². The maximum atomic E-state index is 6.08. The molecule has 0 spiro atoms. The third-order valence-electron chi connectivity index (χ3n) is 4.33. The van der Waals surface area contributed by atoms with E-state index in [9.17, 15) is 0 Å². The molecule has 2 nitrogen and oxygen atoms in total. The fourth-order valence-corrected chi connectivity index (χ4v) is 3.92. The summed E-state index contributed by atoms with van der Waals surface area (Å²) in [5, 5.41) is 0.731. The van der Waals surface area contributed by atoms with E-state index in [0.29, 0.717) is 6.04 Å². The third kappa shape index (κ3) is 2.12. The lowest BCUT2D eigenvalue weighted by atomic mass is 9.87. The fraction of sp³-hybridized carbons (Fsp3) is 0.235. The van der Waals surface area contributed by atoms with Crippen LogP contribution >= 0.6 is 23.8 Å². The van der Waals surface area contributed by atoms with Crippen LogP contribution in [-0.4, -0.2) is 9.55 Å². The number of fused-ring (bicyclic) bond motifs is 2. The number of rotatable bonds is 1. The highest BCUT2D eigenvalue weighted by molar-refractivity contribution is 7.71. The number of aromatic amines is 1. The van der Waals surface area contributed by atoms with E-state index in [4.69, 9.17) is 23.8 Å². The molecule has 0 saturated carbocycles. The number of H-pyrrole nitrogens is 1. The van der Waals surface area contributed by atoms with E-state index in [1.165, 1.54) is 17.5 Å². The van der Waals surface area contributed by atoms with Crippen molar-refractivity contribution >= 4 is 34.9 Å². The molecular formula is C17H15ClN2S. The molecule has 0 fully saturated rings. The Morgan fingerprint density at radius 1 is 1.19 bits per heavy atom. The molecule has 1 unspecified atom stereocenters. The van der Waals surface area contributed by atoms with Gasteiger partial charge in [-0.3, -0.25) is 0 Å². The highest BCUT2D eigenvalue weighted by Crippen LogP contribution is 2.35. The van der Waals surface area contributed by atoms with Crippen LogP contribution in [-0.2, 0) is 6.42 Å². The summed E-state index contributed by atoms with van der Waals surface area (Å²) in [4.78, 5) is 3.29. The van der Waals surface area contributed by atoms with Gasteiger partial charge in [0.25, 0.3) is 0 Å². The van der Waals surface area contributed by atoms with Crippen LogP contribution in [0, 0.1) is 4.77 Å². The molecule has 1 atom stereocenters. The monoisotopic (exact) mass is 314 g/mol. The molecule has 4 heteroatoms.